The second-order valence-electron chi connectivity index (χ2n) is 0.469. The zero-order valence-corrected chi connectivity index (χ0v) is 4.86. The van der Waals surface area contributed by atoms with E-state index in [-0.39, 0.29) is 18.6 Å². The van der Waals surface area contributed by atoms with E-state index in [4.69, 9.17) is 19.2 Å². The molecule has 35 valence electrons. The van der Waals surface area contributed by atoms with E-state index in [0.29, 0.717) is 0 Å². The van der Waals surface area contributed by atoms with Crippen molar-refractivity contribution >= 4 is 7.82 Å². The van der Waals surface area contributed by atoms with Crippen molar-refractivity contribution in [2.75, 3.05) is 0 Å². The van der Waals surface area contributed by atoms with Crippen LogP contribution in [-0.4, -0.2) is 4.89 Å². The van der Waals surface area contributed by atoms with Crippen LogP contribution in [0, 0.1) is 0 Å². The predicted molar refractivity (Wildman–Crippen MR) is 9.83 cm³/mol. The largest absolute Gasteiger partial charge is 2.00 e. The molecule has 0 unspecified atom stereocenters. The zero-order chi connectivity index (χ0) is 4.50. The van der Waals surface area contributed by atoms with E-state index in [9.17, 15) is 0 Å². The van der Waals surface area contributed by atoms with Crippen LogP contribution >= 0.6 is 7.82 Å². The molecule has 0 amide bonds. The third kappa shape index (κ3) is 133. The molecule has 0 bridgehead atoms. The average molecular weight is 147 g/mol. The maximum Gasteiger partial charge on any atom is 2.00 e. The van der Waals surface area contributed by atoms with Crippen molar-refractivity contribution in [3.05, 3.63) is 0 Å². The van der Waals surface area contributed by atoms with E-state index in [1.807, 2.05) is 0 Å². The monoisotopic (exact) mass is 147 g/mol. The topological polar surface area (TPSA) is 83.4 Å². The van der Waals surface area contributed by atoms with Crippen molar-refractivity contribution in [1.29, 1.82) is 0 Å². The molecule has 0 saturated heterocycles. The Morgan fingerprint density at radius 1 is 1.50 bits per heavy atom. The van der Waals surface area contributed by atoms with Gasteiger partial charge in [0.15, 0.2) is 0 Å². The summed E-state index contributed by atoms with van der Waals surface area (Å²) in [6, 6.07) is 0. The summed E-state index contributed by atoms with van der Waals surface area (Å²) in [4.78, 5) is 24.3. The molecule has 0 aliphatic heterocycles. The molecule has 0 aromatic carbocycles. The number of rotatable bonds is 0. The molecule has 0 aliphatic rings. The van der Waals surface area contributed by atoms with E-state index in [1.165, 1.54) is 0 Å². The Morgan fingerprint density at radius 3 is 1.50 bits per heavy atom. The minimum absolute atomic E-state index is 0. The summed E-state index contributed by atoms with van der Waals surface area (Å²) in [5.74, 6) is 0. The van der Waals surface area contributed by atoms with Gasteiger partial charge in [-0.1, -0.05) is 0 Å². The first-order valence-corrected chi connectivity index (χ1v) is 2.24. The van der Waals surface area contributed by atoms with Crippen LogP contribution in [0.4, 0.5) is 0 Å². The molecular weight excluding hydrogens is 146 g/mol. The second-order valence-corrected chi connectivity index (χ2v) is 1.41. The molecule has 0 aromatic rings. The van der Waals surface area contributed by atoms with Crippen molar-refractivity contribution in [2.45, 2.75) is 0 Å². The van der Waals surface area contributed by atoms with E-state index >= 15 is 0 Å². The SMILES string of the molecule is O=P([O-])([O-])O.[V+2]. The third-order valence-corrected chi connectivity index (χ3v) is 0. The van der Waals surface area contributed by atoms with Gasteiger partial charge in [-0.3, -0.25) is 0 Å². The Kier molecular flexibility index (Phi) is 4.60. The minimum atomic E-state index is -5.14. The Morgan fingerprint density at radius 2 is 1.50 bits per heavy atom. The van der Waals surface area contributed by atoms with Gasteiger partial charge >= 0.3 is 18.6 Å². The van der Waals surface area contributed by atoms with Crippen LogP contribution in [0.25, 0.3) is 0 Å². The maximum atomic E-state index is 8.66. The van der Waals surface area contributed by atoms with Crippen LogP contribution < -0.4 is 9.79 Å². The Balaban J connectivity index is 0. The molecular formula is HO4PV. The molecule has 0 heterocycles. The number of hydrogen-bond donors (Lipinski definition) is 1. The van der Waals surface area contributed by atoms with Gasteiger partial charge in [-0.2, -0.15) is 0 Å². The van der Waals surface area contributed by atoms with Crippen molar-refractivity contribution < 1.29 is 37.8 Å². The van der Waals surface area contributed by atoms with Crippen molar-refractivity contribution in [3.63, 3.8) is 0 Å². The number of phosphoric acid groups is 1. The maximum absolute atomic E-state index is 8.66. The van der Waals surface area contributed by atoms with Crippen LogP contribution in [0.3, 0.4) is 0 Å². The standard InChI is InChI=1S/H3O4P.V/c1-5(2,3)4;/h(H3,1,2,3,4);/q;+2/p-2. The first-order chi connectivity index (χ1) is 2.00. The molecule has 0 aliphatic carbocycles. The second kappa shape index (κ2) is 2.80. The molecule has 6 heavy (non-hydrogen) atoms. The summed E-state index contributed by atoms with van der Waals surface area (Å²) in [7, 11) is -5.14. The summed E-state index contributed by atoms with van der Waals surface area (Å²) >= 11 is 0. The smallest absolute Gasteiger partial charge is 0.790 e. The van der Waals surface area contributed by atoms with Crippen molar-refractivity contribution in [1.82, 2.24) is 0 Å². The van der Waals surface area contributed by atoms with Gasteiger partial charge in [-0.15, -0.1) is 0 Å². The summed E-state index contributed by atoms with van der Waals surface area (Å²) in [5.41, 5.74) is 0. The van der Waals surface area contributed by atoms with Gasteiger partial charge < -0.3 is 19.2 Å². The molecule has 0 fully saturated rings. The molecule has 1 N–H and O–H groups in total. The molecule has 0 aromatic heterocycles. The quantitative estimate of drug-likeness (QED) is 0.394. The van der Waals surface area contributed by atoms with E-state index < -0.39 is 7.82 Å². The van der Waals surface area contributed by atoms with Gasteiger partial charge in [-0.25, -0.2) is 0 Å². The Labute approximate surface area is 46.3 Å². The average Bonchev–Trinajstić information content (AvgIpc) is 0.722. The van der Waals surface area contributed by atoms with E-state index in [1.54, 1.807) is 0 Å². The third-order valence-electron chi connectivity index (χ3n) is 0. The van der Waals surface area contributed by atoms with Gasteiger partial charge in [0.2, 0.25) is 0 Å². The molecule has 0 atom stereocenters. The fourth-order valence-corrected chi connectivity index (χ4v) is 0. The van der Waals surface area contributed by atoms with E-state index in [2.05, 4.69) is 0 Å². The molecule has 1 radical (unpaired) electrons. The zero-order valence-electron chi connectivity index (χ0n) is 2.57. The van der Waals surface area contributed by atoms with Crippen LogP contribution in [0.1, 0.15) is 0 Å². The molecule has 0 spiro atoms. The summed E-state index contributed by atoms with van der Waals surface area (Å²) in [6.07, 6.45) is 0. The summed E-state index contributed by atoms with van der Waals surface area (Å²) in [5, 5.41) is 0. The Hall–Kier alpha value is 0.694. The van der Waals surface area contributed by atoms with Crippen molar-refractivity contribution in [3.8, 4) is 0 Å². The first kappa shape index (κ1) is 9.85. The first-order valence-electron chi connectivity index (χ1n) is 0.748. The van der Waals surface area contributed by atoms with Crippen LogP contribution in [0.2, 0.25) is 0 Å². The summed E-state index contributed by atoms with van der Waals surface area (Å²) < 4.78 is 8.66. The fourth-order valence-electron chi connectivity index (χ4n) is 0. The van der Waals surface area contributed by atoms with Gasteiger partial charge in [0.1, 0.15) is 0 Å². The fraction of sp³-hybridized carbons (Fsp3) is 0. The molecule has 0 rings (SSSR count). The normalized spacial score (nSPS) is 9.83. The molecule has 0 saturated carbocycles. The van der Waals surface area contributed by atoms with Crippen LogP contribution in [0.5, 0.6) is 0 Å². The van der Waals surface area contributed by atoms with E-state index in [0.717, 1.165) is 0 Å². The minimum Gasteiger partial charge on any atom is -0.790 e. The molecule has 6 heteroatoms. The summed E-state index contributed by atoms with van der Waals surface area (Å²) in [6.45, 7) is 0. The number of hydrogen-bond acceptors (Lipinski definition) is 3. The van der Waals surface area contributed by atoms with Crippen LogP contribution in [0.15, 0.2) is 0 Å². The predicted octanol–water partition coefficient (Wildman–Crippen LogP) is -2.20. The van der Waals surface area contributed by atoms with Gasteiger partial charge in [0.25, 0.3) is 0 Å². The van der Waals surface area contributed by atoms with Crippen molar-refractivity contribution in [2.24, 2.45) is 0 Å². The van der Waals surface area contributed by atoms with Gasteiger partial charge in [0, 0.05) is 0 Å². The Bertz CT molecular complexity index is 53.7. The van der Waals surface area contributed by atoms with Gasteiger partial charge in [-0.05, 0) is 0 Å². The molecule has 4 nitrogen and oxygen atoms in total. The van der Waals surface area contributed by atoms with Gasteiger partial charge in [0.05, 0.1) is 7.82 Å². The van der Waals surface area contributed by atoms with Crippen LogP contribution in [-0.2, 0) is 23.1 Å².